The van der Waals surface area contributed by atoms with Gasteiger partial charge in [0.2, 0.25) is 11.9 Å². The molecule has 0 N–H and O–H groups in total. The Morgan fingerprint density at radius 3 is 2.30 bits per heavy atom. The third-order valence-electron chi connectivity index (χ3n) is 4.33. The average molecular weight is 310 g/mol. The van der Waals surface area contributed by atoms with Crippen LogP contribution in [-0.2, 0) is 4.79 Å². The highest BCUT2D eigenvalue weighted by atomic mass is 16.2. The molecule has 1 aromatic heterocycles. The van der Waals surface area contributed by atoms with Crippen molar-refractivity contribution in [3.8, 4) is 0 Å². The van der Waals surface area contributed by atoms with E-state index in [-0.39, 0.29) is 11.8 Å². The Kier molecular flexibility index (Phi) is 4.86. The normalized spacial score (nSPS) is 16.2. The lowest BCUT2D eigenvalue weighted by atomic mass is 9.95. The smallest absolute Gasteiger partial charge is 0.230 e. The predicted octanol–water partition coefficient (Wildman–Crippen LogP) is 2.32. The molecule has 0 unspecified atom stereocenters. The maximum Gasteiger partial charge on any atom is 0.230 e. The fourth-order valence-electron chi connectivity index (χ4n) is 3.04. The number of aromatic nitrogens is 2. The van der Waals surface area contributed by atoms with Crippen molar-refractivity contribution in [3.63, 3.8) is 0 Å². The van der Waals surface area contributed by atoms with Crippen LogP contribution in [0.2, 0.25) is 0 Å². The monoisotopic (exact) mass is 310 g/mol. The molecule has 120 valence electrons. The highest BCUT2D eigenvalue weighted by molar-refractivity contribution is 5.84. The zero-order valence-corrected chi connectivity index (χ0v) is 13.4. The summed E-state index contributed by atoms with van der Waals surface area (Å²) < 4.78 is 0. The van der Waals surface area contributed by atoms with E-state index in [1.165, 1.54) is 0 Å². The molecule has 5 heteroatoms. The van der Waals surface area contributed by atoms with Crippen LogP contribution >= 0.6 is 0 Å². The Labute approximate surface area is 137 Å². The molecular weight excluding hydrogens is 288 g/mol. The summed E-state index contributed by atoms with van der Waals surface area (Å²) in [6.45, 7) is 5.08. The van der Waals surface area contributed by atoms with Gasteiger partial charge >= 0.3 is 0 Å². The van der Waals surface area contributed by atoms with Crippen molar-refractivity contribution in [3.05, 3.63) is 54.4 Å². The average Bonchev–Trinajstić information content (AvgIpc) is 2.64. The molecule has 23 heavy (non-hydrogen) atoms. The number of carbonyl (C=O) groups is 1. The second-order valence-corrected chi connectivity index (χ2v) is 5.73. The Morgan fingerprint density at radius 2 is 1.70 bits per heavy atom. The van der Waals surface area contributed by atoms with Gasteiger partial charge in [0.1, 0.15) is 0 Å². The molecule has 1 aromatic carbocycles. The molecule has 1 saturated heterocycles. The van der Waals surface area contributed by atoms with Gasteiger partial charge in [-0.05, 0) is 18.1 Å². The Bertz CT molecular complexity index is 624. The van der Waals surface area contributed by atoms with Crippen molar-refractivity contribution in [1.82, 2.24) is 14.9 Å². The topological polar surface area (TPSA) is 49.3 Å². The summed E-state index contributed by atoms with van der Waals surface area (Å²) in [6, 6.07) is 11.9. The summed E-state index contributed by atoms with van der Waals surface area (Å²) in [4.78, 5) is 25.5. The van der Waals surface area contributed by atoms with Gasteiger partial charge in [-0.15, -0.1) is 0 Å². The van der Waals surface area contributed by atoms with Crippen molar-refractivity contribution in [2.45, 2.75) is 19.3 Å². The van der Waals surface area contributed by atoms with E-state index in [4.69, 9.17) is 0 Å². The van der Waals surface area contributed by atoms with Crippen molar-refractivity contribution >= 4 is 11.9 Å². The molecule has 5 nitrogen and oxygen atoms in total. The second kappa shape index (κ2) is 7.22. The van der Waals surface area contributed by atoms with E-state index in [0.717, 1.165) is 44.1 Å². The lowest BCUT2D eigenvalue weighted by molar-refractivity contribution is -0.133. The first-order valence-corrected chi connectivity index (χ1v) is 8.15. The van der Waals surface area contributed by atoms with Crippen LogP contribution in [0.1, 0.15) is 24.8 Å². The molecular formula is C18H22N4O. The van der Waals surface area contributed by atoms with Crippen LogP contribution in [0.5, 0.6) is 0 Å². The predicted molar refractivity (Wildman–Crippen MR) is 90.3 cm³/mol. The summed E-state index contributed by atoms with van der Waals surface area (Å²) in [5, 5.41) is 0. The standard InChI is InChI=1S/C18H22N4O/c1-2-16(15-7-4-3-5-8-15)17(23)21-11-13-22(14-12-21)18-19-9-6-10-20-18/h3-10,16H,2,11-14H2,1H3/t16-/m0/s1. The molecule has 0 spiro atoms. The molecule has 2 heterocycles. The van der Waals surface area contributed by atoms with Crippen LogP contribution in [0, 0.1) is 0 Å². The molecule has 0 bridgehead atoms. The minimum Gasteiger partial charge on any atom is -0.339 e. The van der Waals surface area contributed by atoms with Crippen LogP contribution < -0.4 is 4.90 Å². The van der Waals surface area contributed by atoms with E-state index in [1.54, 1.807) is 12.4 Å². The Morgan fingerprint density at radius 1 is 1.04 bits per heavy atom. The van der Waals surface area contributed by atoms with E-state index in [9.17, 15) is 4.79 Å². The minimum atomic E-state index is -0.0456. The van der Waals surface area contributed by atoms with Crippen LogP contribution in [0.4, 0.5) is 5.95 Å². The minimum absolute atomic E-state index is 0.0456. The molecule has 1 atom stereocenters. The second-order valence-electron chi connectivity index (χ2n) is 5.73. The first-order valence-electron chi connectivity index (χ1n) is 8.15. The number of carbonyl (C=O) groups excluding carboxylic acids is 1. The van der Waals surface area contributed by atoms with Crippen molar-refractivity contribution in [1.29, 1.82) is 0 Å². The van der Waals surface area contributed by atoms with Gasteiger partial charge in [0.15, 0.2) is 0 Å². The SMILES string of the molecule is CC[C@H](C(=O)N1CCN(c2ncccn2)CC1)c1ccccc1. The van der Waals surface area contributed by atoms with E-state index in [2.05, 4.69) is 21.8 Å². The summed E-state index contributed by atoms with van der Waals surface area (Å²) in [7, 11) is 0. The van der Waals surface area contributed by atoms with Gasteiger partial charge < -0.3 is 9.80 Å². The van der Waals surface area contributed by atoms with Gasteiger partial charge in [0, 0.05) is 38.6 Å². The van der Waals surface area contributed by atoms with Crippen molar-refractivity contribution in [2.75, 3.05) is 31.1 Å². The molecule has 0 aliphatic carbocycles. The van der Waals surface area contributed by atoms with Crippen molar-refractivity contribution in [2.24, 2.45) is 0 Å². The summed E-state index contributed by atoms with van der Waals surface area (Å²) in [6.07, 6.45) is 4.33. The van der Waals surface area contributed by atoms with Gasteiger partial charge in [0.05, 0.1) is 5.92 Å². The number of hydrogen-bond donors (Lipinski definition) is 0. The van der Waals surface area contributed by atoms with E-state index < -0.39 is 0 Å². The summed E-state index contributed by atoms with van der Waals surface area (Å²) in [5.74, 6) is 0.928. The quantitative estimate of drug-likeness (QED) is 0.869. The van der Waals surface area contributed by atoms with Crippen molar-refractivity contribution < 1.29 is 4.79 Å². The van der Waals surface area contributed by atoms with Crippen LogP contribution in [0.15, 0.2) is 48.8 Å². The van der Waals surface area contributed by atoms with E-state index in [0.29, 0.717) is 0 Å². The number of rotatable bonds is 4. The highest BCUT2D eigenvalue weighted by Crippen LogP contribution is 2.23. The number of hydrogen-bond acceptors (Lipinski definition) is 4. The van der Waals surface area contributed by atoms with Crippen LogP contribution in [0.3, 0.4) is 0 Å². The van der Waals surface area contributed by atoms with Crippen LogP contribution in [-0.4, -0.2) is 47.0 Å². The highest BCUT2D eigenvalue weighted by Gasteiger charge is 2.27. The maximum atomic E-state index is 12.8. The molecule has 1 amide bonds. The molecule has 0 radical (unpaired) electrons. The molecule has 2 aromatic rings. The summed E-state index contributed by atoms with van der Waals surface area (Å²) in [5.41, 5.74) is 1.11. The van der Waals surface area contributed by atoms with Gasteiger partial charge in [-0.1, -0.05) is 37.3 Å². The molecule has 1 aliphatic heterocycles. The summed E-state index contributed by atoms with van der Waals surface area (Å²) >= 11 is 0. The zero-order chi connectivity index (χ0) is 16.1. The van der Waals surface area contributed by atoms with Gasteiger partial charge in [0.25, 0.3) is 0 Å². The molecule has 1 aliphatic rings. The first-order chi connectivity index (χ1) is 11.3. The Hall–Kier alpha value is -2.43. The fraction of sp³-hybridized carbons (Fsp3) is 0.389. The molecule has 0 saturated carbocycles. The van der Waals surface area contributed by atoms with Gasteiger partial charge in [-0.3, -0.25) is 4.79 Å². The molecule has 3 rings (SSSR count). The third-order valence-corrected chi connectivity index (χ3v) is 4.33. The van der Waals surface area contributed by atoms with Gasteiger partial charge in [-0.25, -0.2) is 9.97 Å². The largest absolute Gasteiger partial charge is 0.339 e. The van der Waals surface area contributed by atoms with E-state index >= 15 is 0 Å². The number of piperazine rings is 1. The third kappa shape index (κ3) is 3.50. The number of amides is 1. The fourth-order valence-corrected chi connectivity index (χ4v) is 3.04. The lowest BCUT2D eigenvalue weighted by Gasteiger charge is -2.36. The number of nitrogens with zero attached hydrogens (tertiary/aromatic N) is 4. The van der Waals surface area contributed by atoms with E-state index in [1.807, 2.05) is 41.3 Å². The zero-order valence-electron chi connectivity index (χ0n) is 13.4. The maximum absolute atomic E-state index is 12.8. The number of anilines is 1. The van der Waals surface area contributed by atoms with Gasteiger partial charge in [-0.2, -0.15) is 0 Å². The molecule has 1 fully saturated rings. The number of benzene rings is 1. The van der Waals surface area contributed by atoms with Crippen LogP contribution in [0.25, 0.3) is 0 Å². The first kappa shape index (κ1) is 15.5. The Balaban J connectivity index is 1.64. The lowest BCUT2D eigenvalue weighted by Crippen LogP contribution is -2.50.